The Morgan fingerprint density at radius 1 is 1.29 bits per heavy atom. The summed E-state index contributed by atoms with van der Waals surface area (Å²) in [6.45, 7) is 5.36. The molecule has 0 amide bonds. The van der Waals surface area contributed by atoms with Crippen molar-refractivity contribution >= 4 is 11.8 Å². The lowest BCUT2D eigenvalue weighted by Gasteiger charge is -2.07. The lowest BCUT2D eigenvalue weighted by Crippen LogP contribution is -2.15. The molecule has 0 spiro atoms. The molecule has 1 heterocycles. The molecule has 0 aliphatic heterocycles. The van der Waals surface area contributed by atoms with Crippen molar-refractivity contribution in [3.8, 4) is 11.3 Å². The summed E-state index contributed by atoms with van der Waals surface area (Å²) < 4.78 is 1.91. The van der Waals surface area contributed by atoms with Gasteiger partial charge < -0.3 is 5.32 Å². The molecule has 21 heavy (non-hydrogen) atoms. The smallest absolute Gasteiger partial charge is 0.0967 e. The van der Waals surface area contributed by atoms with Crippen LogP contribution in [-0.2, 0) is 13.6 Å². The normalized spacial score (nSPS) is 14.9. The maximum atomic E-state index is 4.64. The summed E-state index contributed by atoms with van der Waals surface area (Å²) in [5.74, 6) is 0. The van der Waals surface area contributed by atoms with Crippen LogP contribution in [0.2, 0.25) is 0 Å². The fourth-order valence-corrected chi connectivity index (χ4v) is 3.25. The van der Waals surface area contributed by atoms with E-state index < -0.39 is 0 Å². The SMILES string of the molecule is CC(C)Sc1ccc(-c2nn(C)cc2CNC2CC2)cc1. The average Bonchev–Trinajstić information content (AvgIpc) is 3.19. The number of benzene rings is 1. The van der Waals surface area contributed by atoms with E-state index >= 15 is 0 Å². The van der Waals surface area contributed by atoms with Crippen LogP contribution < -0.4 is 5.32 Å². The van der Waals surface area contributed by atoms with Gasteiger partial charge in [0.05, 0.1) is 5.69 Å². The van der Waals surface area contributed by atoms with Gasteiger partial charge in [-0.3, -0.25) is 4.68 Å². The van der Waals surface area contributed by atoms with Crippen molar-refractivity contribution in [2.75, 3.05) is 0 Å². The van der Waals surface area contributed by atoms with Crippen LogP contribution in [0, 0.1) is 0 Å². The molecule has 0 saturated heterocycles. The van der Waals surface area contributed by atoms with Crippen LogP contribution in [0.15, 0.2) is 35.4 Å². The standard InChI is InChI=1S/C17H23N3S/c1-12(2)21-16-8-4-13(5-9-16)17-14(11-20(3)19-17)10-18-15-6-7-15/h4-5,8-9,11-12,15,18H,6-7,10H2,1-3H3. The minimum Gasteiger partial charge on any atom is -0.310 e. The largest absolute Gasteiger partial charge is 0.310 e. The molecule has 1 N–H and O–H groups in total. The fourth-order valence-electron chi connectivity index (χ4n) is 2.42. The molecule has 1 aromatic carbocycles. The molecule has 112 valence electrons. The lowest BCUT2D eigenvalue weighted by molar-refractivity contribution is 0.687. The van der Waals surface area contributed by atoms with Crippen molar-refractivity contribution in [3.63, 3.8) is 0 Å². The summed E-state index contributed by atoms with van der Waals surface area (Å²) in [5, 5.41) is 8.83. The Labute approximate surface area is 131 Å². The van der Waals surface area contributed by atoms with Crippen LogP contribution >= 0.6 is 11.8 Å². The number of nitrogens with zero attached hydrogens (tertiary/aromatic N) is 2. The summed E-state index contributed by atoms with van der Waals surface area (Å²) in [6.07, 6.45) is 4.76. The van der Waals surface area contributed by atoms with Gasteiger partial charge in [-0.2, -0.15) is 5.10 Å². The maximum Gasteiger partial charge on any atom is 0.0967 e. The van der Waals surface area contributed by atoms with Gasteiger partial charge in [0.15, 0.2) is 0 Å². The van der Waals surface area contributed by atoms with Crippen molar-refractivity contribution in [1.29, 1.82) is 0 Å². The Morgan fingerprint density at radius 3 is 2.62 bits per heavy atom. The highest BCUT2D eigenvalue weighted by atomic mass is 32.2. The van der Waals surface area contributed by atoms with Gasteiger partial charge in [-0.15, -0.1) is 11.8 Å². The molecular weight excluding hydrogens is 278 g/mol. The Bertz CT molecular complexity index is 597. The number of hydrogen-bond acceptors (Lipinski definition) is 3. The monoisotopic (exact) mass is 301 g/mol. The van der Waals surface area contributed by atoms with Gasteiger partial charge >= 0.3 is 0 Å². The van der Waals surface area contributed by atoms with E-state index in [-0.39, 0.29) is 0 Å². The first-order valence-electron chi connectivity index (χ1n) is 7.65. The first kappa shape index (κ1) is 14.7. The van der Waals surface area contributed by atoms with Crippen molar-refractivity contribution in [3.05, 3.63) is 36.0 Å². The molecule has 4 heteroatoms. The summed E-state index contributed by atoms with van der Waals surface area (Å²) >= 11 is 1.90. The fraction of sp³-hybridized carbons (Fsp3) is 0.471. The van der Waals surface area contributed by atoms with E-state index in [2.05, 4.69) is 54.7 Å². The molecule has 0 unspecified atom stereocenters. The van der Waals surface area contributed by atoms with Crippen LogP contribution in [0.1, 0.15) is 32.3 Å². The Morgan fingerprint density at radius 2 is 2.00 bits per heavy atom. The molecule has 1 saturated carbocycles. The molecule has 1 aliphatic rings. The van der Waals surface area contributed by atoms with Gasteiger partial charge in [-0.1, -0.05) is 26.0 Å². The van der Waals surface area contributed by atoms with Crippen molar-refractivity contribution in [2.45, 2.75) is 49.4 Å². The summed E-state index contributed by atoms with van der Waals surface area (Å²) in [5.41, 5.74) is 3.59. The summed E-state index contributed by atoms with van der Waals surface area (Å²) in [7, 11) is 1.99. The zero-order chi connectivity index (χ0) is 14.8. The van der Waals surface area contributed by atoms with Crippen molar-refractivity contribution in [2.24, 2.45) is 7.05 Å². The van der Waals surface area contributed by atoms with Gasteiger partial charge in [0.2, 0.25) is 0 Å². The highest BCUT2D eigenvalue weighted by molar-refractivity contribution is 7.99. The molecule has 0 radical (unpaired) electrons. The third-order valence-corrected chi connectivity index (χ3v) is 4.58. The number of rotatable bonds is 6. The number of nitrogens with one attached hydrogen (secondary N) is 1. The van der Waals surface area contributed by atoms with Crippen LogP contribution in [-0.4, -0.2) is 21.1 Å². The minimum atomic E-state index is 0.615. The topological polar surface area (TPSA) is 29.9 Å². The van der Waals surface area contributed by atoms with E-state index in [1.807, 2.05) is 23.5 Å². The average molecular weight is 301 g/mol. The van der Waals surface area contributed by atoms with Crippen molar-refractivity contribution in [1.82, 2.24) is 15.1 Å². The molecule has 3 rings (SSSR count). The Hall–Kier alpha value is -1.26. The quantitative estimate of drug-likeness (QED) is 0.822. The van der Waals surface area contributed by atoms with E-state index in [1.165, 1.54) is 28.9 Å². The van der Waals surface area contributed by atoms with Crippen LogP contribution in [0.4, 0.5) is 0 Å². The second kappa shape index (κ2) is 6.24. The number of aryl methyl sites for hydroxylation is 1. The molecule has 2 aromatic rings. The van der Waals surface area contributed by atoms with Gasteiger partial charge in [0.1, 0.15) is 0 Å². The van der Waals surface area contributed by atoms with Gasteiger partial charge in [0, 0.05) is 47.1 Å². The highest BCUT2D eigenvalue weighted by Crippen LogP contribution is 2.28. The van der Waals surface area contributed by atoms with E-state index in [4.69, 9.17) is 0 Å². The maximum absolute atomic E-state index is 4.64. The number of thioether (sulfide) groups is 1. The third-order valence-electron chi connectivity index (χ3n) is 3.56. The van der Waals surface area contributed by atoms with E-state index in [0.717, 1.165) is 18.3 Å². The molecule has 0 bridgehead atoms. The first-order valence-corrected chi connectivity index (χ1v) is 8.53. The van der Waals surface area contributed by atoms with Gasteiger partial charge in [0.25, 0.3) is 0 Å². The molecule has 3 nitrogen and oxygen atoms in total. The van der Waals surface area contributed by atoms with Gasteiger partial charge in [-0.25, -0.2) is 0 Å². The van der Waals surface area contributed by atoms with Crippen molar-refractivity contribution < 1.29 is 0 Å². The third kappa shape index (κ3) is 3.89. The second-order valence-corrected chi connectivity index (χ2v) is 7.67. The Balaban J connectivity index is 1.78. The molecule has 1 aliphatic carbocycles. The second-order valence-electron chi connectivity index (χ2n) is 6.02. The predicted molar refractivity (Wildman–Crippen MR) is 89.5 cm³/mol. The zero-order valence-corrected chi connectivity index (χ0v) is 13.8. The minimum absolute atomic E-state index is 0.615. The van der Waals surface area contributed by atoms with Crippen LogP contribution in [0.25, 0.3) is 11.3 Å². The lowest BCUT2D eigenvalue weighted by atomic mass is 10.1. The molecule has 1 aromatic heterocycles. The van der Waals surface area contributed by atoms with E-state index in [0.29, 0.717) is 5.25 Å². The summed E-state index contributed by atoms with van der Waals surface area (Å²) in [6, 6.07) is 9.50. The zero-order valence-electron chi connectivity index (χ0n) is 13.0. The molecule has 0 atom stereocenters. The van der Waals surface area contributed by atoms with Crippen LogP contribution in [0.3, 0.4) is 0 Å². The summed E-state index contributed by atoms with van der Waals surface area (Å²) in [4.78, 5) is 1.32. The Kier molecular flexibility index (Phi) is 4.36. The number of aromatic nitrogens is 2. The van der Waals surface area contributed by atoms with Gasteiger partial charge in [-0.05, 0) is 25.0 Å². The predicted octanol–water partition coefficient (Wildman–Crippen LogP) is 3.84. The van der Waals surface area contributed by atoms with E-state index in [1.54, 1.807) is 0 Å². The van der Waals surface area contributed by atoms with E-state index in [9.17, 15) is 0 Å². The molecule has 1 fully saturated rings. The number of hydrogen-bond donors (Lipinski definition) is 1. The first-order chi connectivity index (χ1) is 10.1. The molecular formula is C17H23N3S. The highest BCUT2D eigenvalue weighted by Gasteiger charge is 2.21. The van der Waals surface area contributed by atoms with Crippen LogP contribution in [0.5, 0.6) is 0 Å².